The summed E-state index contributed by atoms with van der Waals surface area (Å²) in [5.74, 6) is 0. The van der Waals surface area contributed by atoms with Crippen LogP contribution in [0.2, 0.25) is 0 Å². The van der Waals surface area contributed by atoms with E-state index in [0.29, 0.717) is 24.6 Å². The molecule has 2 saturated heterocycles. The summed E-state index contributed by atoms with van der Waals surface area (Å²) in [5, 5.41) is 0. The quantitative estimate of drug-likeness (QED) is 0.712. The van der Waals surface area contributed by atoms with E-state index in [-0.39, 0.29) is 12.1 Å². The summed E-state index contributed by atoms with van der Waals surface area (Å²) >= 11 is 5.02. The molecule has 2 unspecified atom stereocenters. The Hall–Kier alpha value is -0.880. The van der Waals surface area contributed by atoms with E-state index in [0.717, 1.165) is 0 Å². The Morgan fingerprint density at radius 2 is 2.24 bits per heavy atom. The number of ether oxygens (including phenoxy) is 2. The Morgan fingerprint density at radius 3 is 2.71 bits per heavy atom. The summed E-state index contributed by atoms with van der Waals surface area (Å²) in [4.78, 5) is 14.0. The zero-order chi connectivity index (χ0) is 12.8. The molecule has 1 amide bonds. The van der Waals surface area contributed by atoms with E-state index in [1.165, 1.54) is 0 Å². The lowest BCUT2D eigenvalue weighted by Gasteiger charge is -2.33. The maximum absolute atomic E-state index is 12.0. The molecule has 17 heavy (non-hydrogen) atoms. The average Bonchev–Trinajstić information content (AvgIpc) is 2.72. The summed E-state index contributed by atoms with van der Waals surface area (Å²) in [5.41, 5.74) is 4.57. The molecule has 0 spiro atoms. The first-order chi connectivity index (χ1) is 7.73. The Balaban J connectivity index is 2.07. The van der Waals surface area contributed by atoms with Crippen LogP contribution in [-0.2, 0) is 9.47 Å². The molecule has 2 aliphatic heterocycles. The lowest BCUT2D eigenvalue weighted by Crippen LogP contribution is -2.51. The molecule has 0 aliphatic carbocycles. The van der Waals surface area contributed by atoms with E-state index >= 15 is 0 Å². The molecule has 2 aliphatic rings. The minimum atomic E-state index is -0.628. The molecule has 2 rings (SSSR count). The van der Waals surface area contributed by atoms with Gasteiger partial charge in [-0.05, 0) is 20.8 Å². The maximum Gasteiger partial charge on any atom is 0.410 e. The highest BCUT2D eigenvalue weighted by Crippen LogP contribution is 2.38. The predicted molar refractivity (Wildman–Crippen MR) is 66.8 cm³/mol. The summed E-state index contributed by atoms with van der Waals surface area (Å²) in [7, 11) is 0. The summed E-state index contributed by atoms with van der Waals surface area (Å²) in [6.07, 6.45) is 0.366. The smallest absolute Gasteiger partial charge is 0.410 e. The fraction of sp³-hybridized carbons (Fsp3) is 0.818. The molecule has 2 fully saturated rings. The van der Waals surface area contributed by atoms with Crippen LogP contribution in [0.15, 0.2) is 0 Å². The molecular weight excluding hydrogens is 240 g/mol. The largest absolute Gasteiger partial charge is 0.444 e. The summed E-state index contributed by atoms with van der Waals surface area (Å²) < 4.78 is 10.9. The van der Waals surface area contributed by atoms with Crippen LogP contribution in [0.4, 0.5) is 4.79 Å². The number of thiocarbonyl (C=S) groups is 1. The van der Waals surface area contributed by atoms with Gasteiger partial charge >= 0.3 is 6.09 Å². The van der Waals surface area contributed by atoms with Gasteiger partial charge < -0.3 is 15.2 Å². The molecule has 2 atom stereocenters. The highest BCUT2D eigenvalue weighted by atomic mass is 32.1. The molecule has 96 valence electrons. The minimum Gasteiger partial charge on any atom is -0.444 e. The molecular formula is C11H18N2O3S. The van der Waals surface area contributed by atoms with E-state index < -0.39 is 11.2 Å². The van der Waals surface area contributed by atoms with Gasteiger partial charge in [0, 0.05) is 6.42 Å². The molecule has 0 radical (unpaired) electrons. The Bertz CT molecular complexity index is 366. The van der Waals surface area contributed by atoms with Gasteiger partial charge in [-0.3, -0.25) is 4.90 Å². The van der Waals surface area contributed by atoms with Gasteiger partial charge in [0.05, 0.1) is 19.2 Å². The predicted octanol–water partition coefficient (Wildman–Crippen LogP) is 1.05. The van der Waals surface area contributed by atoms with Gasteiger partial charge in [0.25, 0.3) is 0 Å². The van der Waals surface area contributed by atoms with Crippen LogP contribution >= 0.6 is 12.2 Å². The van der Waals surface area contributed by atoms with Crippen LogP contribution in [0.25, 0.3) is 0 Å². The molecule has 0 aromatic rings. The van der Waals surface area contributed by atoms with Crippen molar-refractivity contribution in [1.29, 1.82) is 0 Å². The van der Waals surface area contributed by atoms with Crippen LogP contribution in [0.3, 0.4) is 0 Å². The third kappa shape index (κ3) is 2.24. The van der Waals surface area contributed by atoms with E-state index in [2.05, 4.69) is 0 Å². The number of hydrogen-bond acceptors (Lipinski definition) is 4. The fourth-order valence-corrected chi connectivity index (χ4v) is 2.46. The zero-order valence-electron chi connectivity index (χ0n) is 10.4. The van der Waals surface area contributed by atoms with E-state index in [1.807, 2.05) is 20.8 Å². The van der Waals surface area contributed by atoms with Crippen LogP contribution in [0, 0.1) is 0 Å². The summed E-state index contributed by atoms with van der Waals surface area (Å²) in [6, 6.07) is 0.0337. The molecule has 2 N–H and O–H groups in total. The van der Waals surface area contributed by atoms with Crippen molar-refractivity contribution in [3.8, 4) is 0 Å². The van der Waals surface area contributed by atoms with E-state index in [9.17, 15) is 4.79 Å². The monoisotopic (exact) mass is 258 g/mol. The SMILES string of the molecule is CC(C)(C)OC(=O)N1CC2(C(N)=S)CC1CO2. The first-order valence-corrected chi connectivity index (χ1v) is 6.08. The van der Waals surface area contributed by atoms with Crippen molar-refractivity contribution in [2.45, 2.75) is 44.4 Å². The molecule has 0 saturated carbocycles. The number of morpholine rings is 1. The second-order valence-corrected chi connectivity index (χ2v) is 6.08. The highest BCUT2D eigenvalue weighted by molar-refractivity contribution is 7.80. The van der Waals surface area contributed by atoms with Gasteiger partial charge in [0.15, 0.2) is 0 Å². The van der Waals surface area contributed by atoms with Crippen LogP contribution in [0.5, 0.6) is 0 Å². The first kappa shape index (κ1) is 12.6. The highest BCUT2D eigenvalue weighted by Gasteiger charge is 2.55. The van der Waals surface area contributed by atoms with Crippen molar-refractivity contribution < 1.29 is 14.3 Å². The number of carbonyl (C=O) groups excluding carboxylic acids is 1. The van der Waals surface area contributed by atoms with E-state index in [1.54, 1.807) is 4.90 Å². The van der Waals surface area contributed by atoms with Crippen molar-refractivity contribution >= 4 is 23.3 Å². The minimum absolute atomic E-state index is 0.0337. The average molecular weight is 258 g/mol. The fourth-order valence-electron chi connectivity index (χ4n) is 2.25. The second-order valence-electron chi connectivity index (χ2n) is 5.64. The molecule has 6 heteroatoms. The summed E-state index contributed by atoms with van der Waals surface area (Å²) in [6.45, 7) is 6.43. The normalized spacial score (nSPS) is 31.7. The van der Waals surface area contributed by atoms with Crippen LogP contribution in [0.1, 0.15) is 27.2 Å². The Labute approximate surface area is 106 Å². The standard InChI is InChI=1S/C11H18N2O3S/c1-10(2,3)16-9(14)13-6-11(8(12)17)4-7(13)5-15-11/h7H,4-6H2,1-3H3,(H2,12,17). The maximum atomic E-state index is 12.0. The van der Waals surface area contributed by atoms with Gasteiger partial charge in [-0.25, -0.2) is 4.79 Å². The van der Waals surface area contributed by atoms with Crippen LogP contribution in [-0.4, -0.2) is 46.4 Å². The number of nitrogens with zero attached hydrogens (tertiary/aromatic N) is 1. The lowest BCUT2D eigenvalue weighted by molar-refractivity contribution is -0.0240. The molecule has 0 aromatic carbocycles. The first-order valence-electron chi connectivity index (χ1n) is 5.67. The number of fused-ring (bicyclic) bond motifs is 2. The number of nitrogens with two attached hydrogens (primary N) is 1. The number of amides is 1. The number of rotatable bonds is 1. The van der Waals surface area contributed by atoms with Crippen molar-refractivity contribution in [1.82, 2.24) is 4.90 Å². The van der Waals surface area contributed by atoms with Crippen molar-refractivity contribution in [3.05, 3.63) is 0 Å². The second kappa shape index (κ2) is 3.81. The molecule has 5 nitrogen and oxygen atoms in total. The third-order valence-corrected chi connectivity index (χ3v) is 3.43. The molecule has 2 heterocycles. The number of carbonyl (C=O) groups is 1. The van der Waals surface area contributed by atoms with Gasteiger partial charge in [0.2, 0.25) is 0 Å². The third-order valence-electron chi connectivity index (χ3n) is 3.06. The van der Waals surface area contributed by atoms with Crippen molar-refractivity contribution in [2.75, 3.05) is 13.2 Å². The molecule has 0 aromatic heterocycles. The van der Waals surface area contributed by atoms with Gasteiger partial charge in [0.1, 0.15) is 16.2 Å². The van der Waals surface area contributed by atoms with Gasteiger partial charge in [-0.15, -0.1) is 0 Å². The lowest BCUT2D eigenvalue weighted by atomic mass is 10.0. The van der Waals surface area contributed by atoms with E-state index in [4.69, 9.17) is 27.4 Å². The molecule has 2 bridgehead atoms. The number of likely N-dealkylation sites (tertiary alicyclic amines) is 1. The van der Waals surface area contributed by atoms with Gasteiger partial charge in [-0.1, -0.05) is 12.2 Å². The number of hydrogen-bond donors (Lipinski definition) is 1. The Morgan fingerprint density at radius 1 is 1.59 bits per heavy atom. The van der Waals surface area contributed by atoms with Crippen molar-refractivity contribution in [3.63, 3.8) is 0 Å². The zero-order valence-corrected chi connectivity index (χ0v) is 11.2. The van der Waals surface area contributed by atoms with Crippen LogP contribution < -0.4 is 5.73 Å². The van der Waals surface area contributed by atoms with Gasteiger partial charge in [-0.2, -0.15) is 0 Å². The Kier molecular flexibility index (Phi) is 2.82. The van der Waals surface area contributed by atoms with Crippen molar-refractivity contribution in [2.24, 2.45) is 5.73 Å². The topological polar surface area (TPSA) is 64.8 Å².